The molecular weight excluding hydrogens is 264 g/mol. The highest BCUT2D eigenvalue weighted by Gasteiger charge is 2.19. The number of ether oxygens (including phenoxy) is 2. The van der Waals surface area contributed by atoms with Crippen LogP contribution in [-0.2, 0) is 9.47 Å². The maximum atomic E-state index is 11.5. The van der Waals surface area contributed by atoms with Crippen LogP contribution in [-0.4, -0.2) is 44.8 Å². The van der Waals surface area contributed by atoms with E-state index in [0.717, 1.165) is 0 Å². The van der Waals surface area contributed by atoms with Gasteiger partial charge in [-0.3, -0.25) is 10.1 Å². The number of hydrogen-bond donors (Lipinski definition) is 0. The first-order valence-electron chi connectivity index (χ1n) is 6.16. The molecule has 0 atom stereocenters. The molecule has 110 valence electrons. The Labute approximate surface area is 117 Å². The third kappa shape index (κ3) is 3.92. The monoisotopic (exact) mass is 282 g/mol. The number of nitro groups is 1. The van der Waals surface area contributed by atoms with Crippen LogP contribution >= 0.6 is 0 Å². The molecule has 0 fully saturated rings. The lowest BCUT2D eigenvalue weighted by Crippen LogP contribution is -2.23. The number of likely N-dealkylation sites (N-methyl/N-ethyl adjacent to an activating group) is 1. The van der Waals surface area contributed by atoms with E-state index in [0.29, 0.717) is 25.4 Å². The summed E-state index contributed by atoms with van der Waals surface area (Å²) in [5, 5.41) is 11.0. The highest BCUT2D eigenvalue weighted by atomic mass is 16.6. The molecule has 0 bridgehead atoms. The third-order valence-electron chi connectivity index (χ3n) is 2.78. The first-order valence-corrected chi connectivity index (χ1v) is 6.16. The second kappa shape index (κ2) is 7.44. The first-order chi connectivity index (χ1) is 9.51. The van der Waals surface area contributed by atoms with Gasteiger partial charge in [0.05, 0.1) is 24.2 Å². The second-order valence-corrected chi connectivity index (χ2v) is 4.07. The molecule has 0 N–H and O–H groups in total. The first kappa shape index (κ1) is 15.9. The van der Waals surface area contributed by atoms with Gasteiger partial charge in [-0.05, 0) is 19.1 Å². The highest BCUT2D eigenvalue weighted by molar-refractivity contribution is 5.91. The van der Waals surface area contributed by atoms with Crippen molar-refractivity contribution in [2.75, 3.05) is 38.8 Å². The van der Waals surface area contributed by atoms with E-state index < -0.39 is 10.9 Å². The molecule has 20 heavy (non-hydrogen) atoms. The fraction of sp³-hybridized carbons (Fsp3) is 0.462. The van der Waals surface area contributed by atoms with Gasteiger partial charge in [0.25, 0.3) is 5.69 Å². The molecule has 0 aliphatic carbocycles. The van der Waals surface area contributed by atoms with Crippen LogP contribution in [0, 0.1) is 10.1 Å². The van der Waals surface area contributed by atoms with Crippen LogP contribution in [0.25, 0.3) is 0 Å². The Kier molecular flexibility index (Phi) is 5.92. The van der Waals surface area contributed by atoms with Crippen LogP contribution in [0.1, 0.15) is 17.3 Å². The van der Waals surface area contributed by atoms with Crippen molar-refractivity contribution in [2.45, 2.75) is 6.92 Å². The van der Waals surface area contributed by atoms with Gasteiger partial charge in [-0.2, -0.15) is 0 Å². The molecule has 0 amide bonds. The summed E-state index contributed by atoms with van der Waals surface area (Å²) in [5.41, 5.74) is 0.575. The molecular formula is C13H18N2O5. The van der Waals surface area contributed by atoms with E-state index in [9.17, 15) is 14.9 Å². The van der Waals surface area contributed by atoms with Crippen LogP contribution in [0.15, 0.2) is 18.2 Å². The standard InChI is InChI=1S/C13H18N2O5/c1-4-20-8-7-14(2)12-9-10(13(16)19-3)5-6-11(12)15(17)18/h5-6,9H,4,7-8H2,1-3H3. The van der Waals surface area contributed by atoms with E-state index in [1.165, 1.54) is 25.3 Å². The summed E-state index contributed by atoms with van der Waals surface area (Å²) in [4.78, 5) is 23.7. The largest absolute Gasteiger partial charge is 0.465 e. The fourth-order valence-electron chi connectivity index (χ4n) is 1.69. The van der Waals surface area contributed by atoms with Gasteiger partial charge in [0, 0.05) is 26.3 Å². The number of carbonyl (C=O) groups excluding carboxylic acids is 1. The Morgan fingerprint density at radius 1 is 1.45 bits per heavy atom. The van der Waals surface area contributed by atoms with Gasteiger partial charge >= 0.3 is 5.97 Å². The van der Waals surface area contributed by atoms with E-state index in [2.05, 4.69) is 4.74 Å². The lowest BCUT2D eigenvalue weighted by Gasteiger charge is -2.19. The van der Waals surface area contributed by atoms with Crippen LogP contribution in [0.2, 0.25) is 0 Å². The third-order valence-corrected chi connectivity index (χ3v) is 2.78. The minimum atomic E-state index is -0.528. The summed E-state index contributed by atoms with van der Waals surface area (Å²) in [7, 11) is 2.98. The van der Waals surface area contributed by atoms with Crippen molar-refractivity contribution in [3.05, 3.63) is 33.9 Å². The molecule has 0 spiro atoms. The predicted octanol–water partition coefficient (Wildman–Crippen LogP) is 1.85. The molecule has 0 unspecified atom stereocenters. The Bertz CT molecular complexity index is 490. The Morgan fingerprint density at radius 2 is 2.15 bits per heavy atom. The SMILES string of the molecule is CCOCCN(C)c1cc(C(=O)OC)ccc1[N+](=O)[O-]. The second-order valence-electron chi connectivity index (χ2n) is 4.07. The highest BCUT2D eigenvalue weighted by Crippen LogP contribution is 2.28. The van der Waals surface area contributed by atoms with E-state index in [-0.39, 0.29) is 11.3 Å². The minimum absolute atomic E-state index is 0.0587. The number of carbonyl (C=O) groups is 1. The van der Waals surface area contributed by atoms with Crippen molar-refractivity contribution in [1.82, 2.24) is 0 Å². The van der Waals surface area contributed by atoms with Gasteiger partial charge in [-0.25, -0.2) is 4.79 Å². The van der Waals surface area contributed by atoms with Crippen molar-refractivity contribution < 1.29 is 19.2 Å². The van der Waals surface area contributed by atoms with E-state index in [4.69, 9.17) is 4.74 Å². The summed E-state index contributed by atoms with van der Waals surface area (Å²) >= 11 is 0. The fourth-order valence-corrected chi connectivity index (χ4v) is 1.69. The molecule has 0 heterocycles. The zero-order chi connectivity index (χ0) is 15.1. The van der Waals surface area contributed by atoms with Gasteiger partial charge < -0.3 is 14.4 Å². The zero-order valence-electron chi connectivity index (χ0n) is 11.8. The lowest BCUT2D eigenvalue weighted by molar-refractivity contribution is -0.384. The van der Waals surface area contributed by atoms with Crippen molar-refractivity contribution in [3.8, 4) is 0 Å². The van der Waals surface area contributed by atoms with Crippen molar-refractivity contribution in [3.63, 3.8) is 0 Å². The number of hydrogen-bond acceptors (Lipinski definition) is 6. The summed E-state index contributed by atoms with van der Waals surface area (Å²) in [6.45, 7) is 3.39. The van der Waals surface area contributed by atoms with Gasteiger partial charge in [0.1, 0.15) is 5.69 Å². The quantitative estimate of drug-likeness (QED) is 0.328. The summed E-state index contributed by atoms with van der Waals surface area (Å²) < 4.78 is 9.84. The Balaban J connectivity index is 3.05. The molecule has 7 nitrogen and oxygen atoms in total. The molecule has 1 aromatic carbocycles. The molecule has 7 heteroatoms. The number of nitrogens with zero attached hydrogens (tertiary/aromatic N) is 2. The molecule has 0 aliphatic rings. The van der Waals surface area contributed by atoms with Crippen LogP contribution in [0.3, 0.4) is 0 Å². The summed E-state index contributed by atoms with van der Waals surface area (Å²) in [6, 6.07) is 4.14. The van der Waals surface area contributed by atoms with Gasteiger partial charge in [0.2, 0.25) is 0 Å². The Morgan fingerprint density at radius 3 is 2.70 bits per heavy atom. The molecule has 0 radical (unpaired) electrons. The smallest absolute Gasteiger partial charge is 0.337 e. The normalized spacial score (nSPS) is 10.2. The molecule has 0 aromatic heterocycles. The van der Waals surface area contributed by atoms with Crippen molar-refractivity contribution >= 4 is 17.3 Å². The number of nitro benzene ring substituents is 1. The van der Waals surface area contributed by atoms with Gasteiger partial charge in [0.15, 0.2) is 0 Å². The number of methoxy groups -OCH3 is 1. The van der Waals surface area contributed by atoms with Gasteiger partial charge in [-0.15, -0.1) is 0 Å². The maximum absolute atomic E-state index is 11.5. The molecule has 1 aromatic rings. The molecule has 1 rings (SSSR count). The number of anilines is 1. The zero-order valence-corrected chi connectivity index (χ0v) is 11.8. The summed E-state index contributed by atoms with van der Waals surface area (Å²) in [5.74, 6) is -0.528. The number of esters is 1. The number of rotatable bonds is 7. The van der Waals surface area contributed by atoms with Crippen LogP contribution in [0.5, 0.6) is 0 Å². The molecule has 0 aliphatic heterocycles. The topological polar surface area (TPSA) is 81.9 Å². The van der Waals surface area contributed by atoms with Crippen LogP contribution < -0.4 is 4.90 Å². The summed E-state index contributed by atoms with van der Waals surface area (Å²) in [6.07, 6.45) is 0. The average molecular weight is 282 g/mol. The van der Waals surface area contributed by atoms with E-state index in [1.54, 1.807) is 11.9 Å². The maximum Gasteiger partial charge on any atom is 0.337 e. The minimum Gasteiger partial charge on any atom is -0.465 e. The molecule has 0 saturated carbocycles. The number of benzene rings is 1. The molecule has 0 saturated heterocycles. The predicted molar refractivity (Wildman–Crippen MR) is 74.2 cm³/mol. The lowest BCUT2D eigenvalue weighted by atomic mass is 10.1. The Hall–Kier alpha value is -2.15. The van der Waals surface area contributed by atoms with Gasteiger partial charge in [-0.1, -0.05) is 0 Å². The average Bonchev–Trinajstić information content (AvgIpc) is 2.45. The van der Waals surface area contributed by atoms with Crippen molar-refractivity contribution in [2.24, 2.45) is 0 Å². The van der Waals surface area contributed by atoms with Crippen LogP contribution in [0.4, 0.5) is 11.4 Å². The van der Waals surface area contributed by atoms with Crippen molar-refractivity contribution in [1.29, 1.82) is 0 Å². The van der Waals surface area contributed by atoms with E-state index in [1.807, 2.05) is 6.92 Å². The van der Waals surface area contributed by atoms with E-state index >= 15 is 0 Å².